The minimum Gasteiger partial charge on any atom is -0.493 e. The minimum atomic E-state index is -0.336. The quantitative estimate of drug-likeness (QED) is 0.819. The summed E-state index contributed by atoms with van der Waals surface area (Å²) in [5.41, 5.74) is 8.51. The van der Waals surface area contributed by atoms with Crippen LogP contribution in [0.15, 0.2) is 12.1 Å². The number of nitrogens with two attached hydrogens (primary N) is 1. The van der Waals surface area contributed by atoms with E-state index in [1.165, 1.54) is 5.56 Å². The standard InChI is InChI=1S/C12H17NO2/c1-8-6-9(2)10(3)11(7-8)15-5-4-12(13)14/h6-7H,4-5H2,1-3H3,(H2,13,14). The number of hydrogen-bond acceptors (Lipinski definition) is 2. The van der Waals surface area contributed by atoms with E-state index >= 15 is 0 Å². The van der Waals surface area contributed by atoms with Gasteiger partial charge < -0.3 is 10.5 Å². The first-order valence-electron chi connectivity index (χ1n) is 4.99. The SMILES string of the molecule is Cc1cc(C)c(C)c(OCCC(N)=O)c1. The highest BCUT2D eigenvalue weighted by Crippen LogP contribution is 2.23. The molecule has 1 amide bonds. The van der Waals surface area contributed by atoms with Crippen molar-refractivity contribution in [2.24, 2.45) is 5.73 Å². The van der Waals surface area contributed by atoms with Gasteiger partial charge >= 0.3 is 0 Å². The van der Waals surface area contributed by atoms with Gasteiger partial charge in [0.05, 0.1) is 13.0 Å². The van der Waals surface area contributed by atoms with Crippen molar-refractivity contribution in [3.63, 3.8) is 0 Å². The molecule has 0 aliphatic heterocycles. The molecule has 0 bridgehead atoms. The monoisotopic (exact) mass is 207 g/mol. The number of primary amides is 1. The number of aryl methyl sites for hydroxylation is 2. The van der Waals surface area contributed by atoms with E-state index in [2.05, 4.69) is 6.07 Å². The van der Waals surface area contributed by atoms with E-state index in [9.17, 15) is 4.79 Å². The highest BCUT2D eigenvalue weighted by atomic mass is 16.5. The molecule has 2 N–H and O–H groups in total. The van der Waals surface area contributed by atoms with Gasteiger partial charge in [-0.15, -0.1) is 0 Å². The van der Waals surface area contributed by atoms with E-state index in [0.717, 1.165) is 16.9 Å². The summed E-state index contributed by atoms with van der Waals surface area (Å²) in [7, 11) is 0. The Balaban J connectivity index is 2.72. The topological polar surface area (TPSA) is 52.3 Å². The lowest BCUT2D eigenvalue weighted by Gasteiger charge is -2.11. The molecule has 3 heteroatoms. The van der Waals surface area contributed by atoms with Crippen molar-refractivity contribution in [2.45, 2.75) is 27.2 Å². The zero-order valence-corrected chi connectivity index (χ0v) is 9.46. The molecule has 1 aromatic rings. The first-order valence-corrected chi connectivity index (χ1v) is 4.99. The number of hydrogen-bond donors (Lipinski definition) is 1. The number of rotatable bonds is 4. The number of carbonyl (C=O) groups excluding carboxylic acids is 1. The molecule has 15 heavy (non-hydrogen) atoms. The molecular weight excluding hydrogens is 190 g/mol. The zero-order chi connectivity index (χ0) is 11.4. The predicted octanol–water partition coefficient (Wildman–Crippen LogP) is 1.87. The van der Waals surface area contributed by atoms with E-state index in [1.807, 2.05) is 26.8 Å². The third kappa shape index (κ3) is 3.27. The highest BCUT2D eigenvalue weighted by molar-refractivity contribution is 5.73. The third-order valence-electron chi connectivity index (χ3n) is 2.37. The van der Waals surface area contributed by atoms with Gasteiger partial charge in [0.1, 0.15) is 5.75 Å². The Labute approximate surface area is 90.2 Å². The zero-order valence-electron chi connectivity index (χ0n) is 9.46. The third-order valence-corrected chi connectivity index (χ3v) is 2.37. The lowest BCUT2D eigenvalue weighted by Crippen LogP contribution is -2.14. The van der Waals surface area contributed by atoms with E-state index in [-0.39, 0.29) is 12.3 Å². The van der Waals surface area contributed by atoms with E-state index in [0.29, 0.717) is 6.61 Å². The summed E-state index contributed by atoms with van der Waals surface area (Å²) in [5.74, 6) is 0.505. The molecule has 0 aliphatic rings. The lowest BCUT2D eigenvalue weighted by molar-refractivity contribution is -0.118. The number of ether oxygens (including phenoxy) is 1. The molecule has 0 atom stereocenters. The fourth-order valence-electron chi connectivity index (χ4n) is 1.41. The summed E-state index contributed by atoms with van der Waals surface area (Å²) >= 11 is 0. The summed E-state index contributed by atoms with van der Waals surface area (Å²) < 4.78 is 5.51. The van der Waals surface area contributed by atoms with Crippen molar-refractivity contribution in [3.05, 3.63) is 28.8 Å². The molecule has 0 aliphatic carbocycles. The van der Waals surface area contributed by atoms with Crippen LogP contribution >= 0.6 is 0 Å². The maximum absolute atomic E-state index is 10.6. The Morgan fingerprint density at radius 3 is 2.60 bits per heavy atom. The molecule has 0 radical (unpaired) electrons. The summed E-state index contributed by atoms with van der Waals surface area (Å²) in [6.45, 7) is 6.42. The Morgan fingerprint density at radius 1 is 1.33 bits per heavy atom. The molecule has 0 saturated heterocycles. The lowest BCUT2D eigenvalue weighted by atomic mass is 10.1. The van der Waals surface area contributed by atoms with Crippen LogP contribution in [0.4, 0.5) is 0 Å². The van der Waals surface area contributed by atoms with Gasteiger partial charge in [-0.2, -0.15) is 0 Å². The van der Waals surface area contributed by atoms with Gasteiger partial charge in [-0.05, 0) is 43.5 Å². The van der Waals surface area contributed by atoms with Crippen molar-refractivity contribution in [3.8, 4) is 5.75 Å². The summed E-state index contributed by atoms with van der Waals surface area (Å²) in [5, 5.41) is 0. The molecule has 3 nitrogen and oxygen atoms in total. The largest absolute Gasteiger partial charge is 0.493 e. The number of amides is 1. The molecule has 0 saturated carbocycles. The summed E-state index contributed by atoms with van der Waals surface area (Å²) in [4.78, 5) is 10.6. The molecular formula is C12H17NO2. The summed E-state index contributed by atoms with van der Waals surface area (Å²) in [6.07, 6.45) is 0.256. The van der Waals surface area contributed by atoms with Crippen molar-refractivity contribution < 1.29 is 9.53 Å². The average Bonchev–Trinajstić information content (AvgIpc) is 2.12. The first kappa shape index (κ1) is 11.6. The molecule has 0 spiro atoms. The smallest absolute Gasteiger partial charge is 0.220 e. The van der Waals surface area contributed by atoms with Crippen LogP contribution in [0, 0.1) is 20.8 Å². The van der Waals surface area contributed by atoms with Crippen LogP contribution in [-0.2, 0) is 4.79 Å². The number of carbonyl (C=O) groups is 1. The van der Waals surface area contributed by atoms with Crippen LogP contribution in [-0.4, -0.2) is 12.5 Å². The van der Waals surface area contributed by atoms with Crippen molar-refractivity contribution in [2.75, 3.05) is 6.61 Å². The second-order valence-corrected chi connectivity index (χ2v) is 3.77. The van der Waals surface area contributed by atoms with Gasteiger partial charge in [0.2, 0.25) is 5.91 Å². The van der Waals surface area contributed by atoms with E-state index in [4.69, 9.17) is 10.5 Å². The van der Waals surface area contributed by atoms with Gasteiger partial charge in [-0.1, -0.05) is 6.07 Å². The number of benzene rings is 1. The van der Waals surface area contributed by atoms with Crippen LogP contribution in [0.25, 0.3) is 0 Å². The normalized spacial score (nSPS) is 10.1. The van der Waals surface area contributed by atoms with Gasteiger partial charge in [0.25, 0.3) is 0 Å². The van der Waals surface area contributed by atoms with Crippen LogP contribution in [0.5, 0.6) is 5.75 Å². The highest BCUT2D eigenvalue weighted by Gasteiger charge is 2.04. The van der Waals surface area contributed by atoms with E-state index in [1.54, 1.807) is 0 Å². The molecule has 0 unspecified atom stereocenters. The Kier molecular flexibility index (Phi) is 3.72. The Morgan fingerprint density at radius 2 is 2.00 bits per heavy atom. The van der Waals surface area contributed by atoms with Gasteiger partial charge in [-0.25, -0.2) is 0 Å². The van der Waals surface area contributed by atoms with Crippen LogP contribution < -0.4 is 10.5 Å². The Hall–Kier alpha value is -1.51. The molecule has 1 aromatic carbocycles. The molecule has 0 heterocycles. The van der Waals surface area contributed by atoms with Crippen molar-refractivity contribution in [1.82, 2.24) is 0 Å². The van der Waals surface area contributed by atoms with Crippen molar-refractivity contribution in [1.29, 1.82) is 0 Å². The van der Waals surface area contributed by atoms with Gasteiger partial charge in [0, 0.05) is 0 Å². The second-order valence-electron chi connectivity index (χ2n) is 3.77. The van der Waals surface area contributed by atoms with Crippen LogP contribution in [0.1, 0.15) is 23.1 Å². The average molecular weight is 207 g/mol. The molecule has 0 fully saturated rings. The van der Waals surface area contributed by atoms with Crippen molar-refractivity contribution >= 4 is 5.91 Å². The maximum Gasteiger partial charge on any atom is 0.220 e. The fourth-order valence-corrected chi connectivity index (χ4v) is 1.41. The molecule has 82 valence electrons. The second kappa shape index (κ2) is 4.82. The molecule has 1 rings (SSSR count). The fraction of sp³-hybridized carbons (Fsp3) is 0.417. The minimum absolute atomic E-state index is 0.256. The molecule has 0 aromatic heterocycles. The Bertz CT molecular complexity index is 372. The first-order chi connectivity index (χ1) is 7.00. The maximum atomic E-state index is 10.6. The van der Waals surface area contributed by atoms with Crippen LogP contribution in [0.3, 0.4) is 0 Å². The van der Waals surface area contributed by atoms with Crippen LogP contribution in [0.2, 0.25) is 0 Å². The van der Waals surface area contributed by atoms with Gasteiger partial charge in [-0.3, -0.25) is 4.79 Å². The predicted molar refractivity (Wildman–Crippen MR) is 60.0 cm³/mol. The van der Waals surface area contributed by atoms with Gasteiger partial charge in [0.15, 0.2) is 0 Å². The summed E-state index contributed by atoms with van der Waals surface area (Å²) in [6, 6.07) is 4.08. The van der Waals surface area contributed by atoms with E-state index < -0.39 is 0 Å².